The monoisotopic (exact) mass is 397 g/mol. The highest BCUT2D eigenvalue weighted by atomic mass is 35.5. The molecule has 1 fully saturated rings. The average molecular weight is 398 g/mol. The van der Waals surface area contributed by atoms with Gasteiger partial charge in [0.05, 0.1) is 23.5 Å². The minimum Gasteiger partial charge on any atom is -0.324 e. The molecular formula is C18H22ClF2N5O. The molecule has 146 valence electrons. The molecule has 0 spiro atoms. The summed E-state index contributed by atoms with van der Waals surface area (Å²) in [4.78, 5) is 16.5. The first-order chi connectivity index (χ1) is 13.0. The number of halogens is 3. The quantitative estimate of drug-likeness (QED) is 0.780. The Morgan fingerprint density at radius 3 is 2.59 bits per heavy atom. The summed E-state index contributed by atoms with van der Waals surface area (Å²) >= 11 is 6.05. The second kappa shape index (κ2) is 9.25. The number of piperazine rings is 1. The number of hydrogen-bond donors (Lipinski definition) is 1. The van der Waals surface area contributed by atoms with Crippen molar-refractivity contribution in [3.05, 3.63) is 47.2 Å². The number of hydrogen-bond acceptors (Lipinski definition) is 4. The van der Waals surface area contributed by atoms with Crippen molar-refractivity contribution in [3.63, 3.8) is 0 Å². The molecule has 1 aliphatic heterocycles. The largest absolute Gasteiger partial charge is 0.324 e. The molecule has 0 unspecified atom stereocenters. The van der Waals surface area contributed by atoms with E-state index in [1.165, 1.54) is 4.68 Å². The van der Waals surface area contributed by atoms with Crippen molar-refractivity contribution in [2.45, 2.75) is 19.5 Å². The van der Waals surface area contributed by atoms with Crippen LogP contribution in [0.1, 0.15) is 5.56 Å². The van der Waals surface area contributed by atoms with Gasteiger partial charge in [-0.2, -0.15) is 5.10 Å². The van der Waals surface area contributed by atoms with Gasteiger partial charge in [0, 0.05) is 44.5 Å². The number of anilines is 1. The lowest BCUT2D eigenvalue weighted by molar-refractivity contribution is -0.117. The third-order valence-corrected chi connectivity index (χ3v) is 4.73. The highest BCUT2D eigenvalue weighted by molar-refractivity contribution is 6.33. The van der Waals surface area contributed by atoms with Crippen molar-refractivity contribution in [2.24, 2.45) is 0 Å². The molecule has 1 N–H and O–H groups in total. The Balaban J connectivity index is 1.41. The Kier molecular flexibility index (Phi) is 6.76. The number of amides is 1. The van der Waals surface area contributed by atoms with Crippen molar-refractivity contribution >= 4 is 23.2 Å². The number of nitrogens with zero attached hydrogens (tertiary/aromatic N) is 4. The molecule has 0 atom stereocenters. The Hall–Kier alpha value is -2.03. The van der Waals surface area contributed by atoms with E-state index in [4.69, 9.17) is 11.6 Å². The normalized spacial score (nSPS) is 16.0. The van der Waals surface area contributed by atoms with Gasteiger partial charge in [-0.3, -0.25) is 19.3 Å². The molecule has 6 nitrogen and oxygen atoms in total. The van der Waals surface area contributed by atoms with E-state index >= 15 is 0 Å². The number of rotatable bonds is 7. The third-order valence-electron chi connectivity index (χ3n) is 4.40. The highest BCUT2D eigenvalue weighted by Gasteiger charge is 2.20. The van der Waals surface area contributed by atoms with Gasteiger partial charge >= 0.3 is 0 Å². The molecule has 3 rings (SSSR count). The van der Waals surface area contributed by atoms with Crippen molar-refractivity contribution in [3.8, 4) is 0 Å². The first kappa shape index (κ1) is 19.7. The number of benzene rings is 1. The fourth-order valence-electron chi connectivity index (χ4n) is 3.05. The fourth-order valence-corrected chi connectivity index (χ4v) is 3.23. The molecule has 27 heavy (non-hydrogen) atoms. The van der Waals surface area contributed by atoms with Gasteiger partial charge in [-0.15, -0.1) is 0 Å². The van der Waals surface area contributed by atoms with Gasteiger partial charge < -0.3 is 5.32 Å². The standard InChI is InChI=1S/C18H22ClF2N5O/c19-15-3-1-2-4-16(15)23-18(27)13-25-7-5-24(6-8-25)10-14-9-22-26(11-14)12-17(20)21/h1-4,9,11,17H,5-8,10,12-13H2,(H,23,27). The van der Waals surface area contributed by atoms with E-state index < -0.39 is 6.43 Å². The van der Waals surface area contributed by atoms with Crippen molar-refractivity contribution < 1.29 is 13.6 Å². The van der Waals surface area contributed by atoms with Gasteiger partial charge in [0.25, 0.3) is 6.43 Å². The predicted molar refractivity (Wildman–Crippen MR) is 100 cm³/mol. The lowest BCUT2D eigenvalue weighted by Gasteiger charge is -2.34. The molecule has 0 bridgehead atoms. The zero-order chi connectivity index (χ0) is 19.2. The Bertz CT molecular complexity index is 762. The van der Waals surface area contributed by atoms with E-state index in [9.17, 15) is 13.6 Å². The van der Waals surface area contributed by atoms with Crippen LogP contribution in [-0.2, 0) is 17.9 Å². The third kappa shape index (κ3) is 5.98. The van der Waals surface area contributed by atoms with E-state index in [0.29, 0.717) is 23.8 Å². The minimum atomic E-state index is -2.40. The van der Waals surface area contributed by atoms with Gasteiger partial charge in [0.2, 0.25) is 5.91 Å². The van der Waals surface area contributed by atoms with Crippen LogP contribution in [0.15, 0.2) is 36.7 Å². The molecule has 2 aromatic rings. The number of carbonyl (C=O) groups is 1. The lowest BCUT2D eigenvalue weighted by Crippen LogP contribution is -2.48. The van der Waals surface area contributed by atoms with Crippen LogP contribution in [0.5, 0.6) is 0 Å². The molecule has 2 heterocycles. The maximum atomic E-state index is 12.4. The Morgan fingerprint density at radius 2 is 1.89 bits per heavy atom. The zero-order valence-corrected chi connectivity index (χ0v) is 15.6. The SMILES string of the molecule is O=C(CN1CCN(Cc2cnn(CC(F)F)c2)CC1)Nc1ccccc1Cl. The number of alkyl halides is 2. The van der Waals surface area contributed by atoms with E-state index in [2.05, 4.69) is 20.2 Å². The smallest absolute Gasteiger partial charge is 0.257 e. The van der Waals surface area contributed by atoms with Crippen molar-refractivity contribution in [1.29, 1.82) is 0 Å². The first-order valence-electron chi connectivity index (χ1n) is 8.78. The van der Waals surface area contributed by atoms with E-state index in [-0.39, 0.29) is 12.5 Å². The van der Waals surface area contributed by atoms with Gasteiger partial charge in [0.1, 0.15) is 6.54 Å². The summed E-state index contributed by atoms with van der Waals surface area (Å²) < 4.78 is 26.0. The molecule has 0 radical (unpaired) electrons. The number of aromatic nitrogens is 2. The Morgan fingerprint density at radius 1 is 1.19 bits per heavy atom. The lowest BCUT2D eigenvalue weighted by atomic mass is 10.2. The van der Waals surface area contributed by atoms with Crippen molar-refractivity contribution in [1.82, 2.24) is 19.6 Å². The number of para-hydroxylation sites is 1. The van der Waals surface area contributed by atoms with Crippen LogP contribution >= 0.6 is 11.6 Å². The van der Waals surface area contributed by atoms with Gasteiger partial charge in [-0.25, -0.2) is 8.78 Å². The van der Waals surface area contributed by atoms with Crippen LogP contribution in [0.2, 0.25) is 5.02 Å². The number of nitrogens with one attached hydrogen (secondary N) is 1. The maximum absolute atomic E-state index is 12.4. The van der Waals surface area contributed by atoms with E-state index in [1.807, 2.05) is 12.1 Å². The second-order valence-corrected chi connectivity index (χ2v) is 6.95. The summed E-state index contributed by atoms with van der Waals surface area (Å²) in [5, 5.41) is 7.30. The molecule has 9 heteroatoms. The minimum absolute atomic E-state index is 0.0928. The average Bonchev–Trinajstić information content (AvgIpc) is 3.05. The number of carbonyl (C=O) groups excluding carboxylic acids is 1. The molecule has 1 aliphatic rings. The Labute approximate surface area is 161 Å². The van der Waals surface area contributed by atoms with Gasteiger partial charge in [-0.1, -0.05) is 23.7 Å². The summed E-state index contributed by atoms with van der Waals surface area (Å²) in [5.41, 5.74) is 1.53. The molecule has 1 saturated heterocycles. The molecule has 1 aromatic heterocycles. The second-order valence-electron chi connectivity index (χ2n) is 6.54. The fraction of sp³-hybridized carbons (Fsp3) is 0.444. The van der Waals surface area contributed by atoms with Crippen molar-refractivity contribution in [2.75, 3.05) is 38.0 Å². The van der Waals surface area contributed by atoms with Crippen LogP contribution in [-0.4, -0.2) is 64.6 Å². The molecule has 0 aliphatic carbocycles. The topological polar surface area (TPSA) is 53.4 Å². The van der Waals surface area contributed by atoms with E-state index in [0.717, 1.165) is 31.7 Å². The molecule has 0 saturated carbocycles. The summed E-state index contributed by atoms with van der Waals surface area (Å²) in [7, 11) is 0. The first-order valence-corrected chi connectivity index (χ1v) is 9.16. The van der Waals surface area contributed by atoms with Crippen LogP contribution < -0.4 is 5.32 Å². The van der Waals surface area contributed by atoms with Crippen LogP contribution in [0.3, 0.4) is 0 Å². The molecule has 1 amide bonds. The predicted octanol–water partition coefficient (Wildman–Crippen LogP) is 2.56. The summed E-state index contributed by atoms with van der Waals surface area (Å²) in [6.07, 6.45) is 0.889. The zero-order valence-electron chi connectivity index (χ0n) is 14.8. The van der Waals surface area contributed by atoms with Gasteiger partial charge in [-0.05, 0) is 12.1 Å². The van der Waals surface area contributed by atoms with Gasteiger partial charge in [0.15, 0.2) is 0 Å². The summed E-state index contributed by atoms with van der Waals surface area (Å²) in [6.45, 7) is 3.74. The van der Waals surface area contributed by atoms with Crippen LogP contribution in [0, 0.1) is 0 Å². The van der Waals surface area contributed by atoms with E-state index in [1.54, 1.807) is 24.5 Å². The maximum Gasteiger partial charge on any atom is 0.257 e. The van der Waals surface area contributed by atoms with Crippen LogP contribution in [0.4, 0.5) is 14.5 Å². The molecule has 1 aromatic carbocycles. The highest BCUT2D eigenvalue weighted by Crippen LogP contribution is 2.20. The van der Waals surface area contributed by atoms with Crippen LogP contribution in [0.25, 0.3) is 0 Å². The molecular weight excluding hydrogens is 376 g/mol. The summed E-state index contributed by atoms with van der Waals surface area (Å²) in [5.74, 6) is -0.0928. The summed E-state index contributed by atoms with van der Waals surface area (Å²) in [6, 6.07) is 7.14.